The Morgan fingerprint density at radius 2 is 1.20 bits per heavy atom. The zero-order chi connectivity index (χ0) is 28.8. The molecule has 0 radical (unpaired) electrons. The highest BCUT2D eigenvalue weighted by molar-refractivity contribution is 5.89. The van der Waals surface area contributed by atoms with E-state index in [2.05, 4.69) is 0 Å². The van der Waals surface area contributed by atoms with Crippen molar-refractivity contribution in [3.05, 3.63) is 118 Å². The first-order chi connectivity index (χ1) is 18.9. The van der Waals surface area contributed by atoms with Crippen LogP contribution in [0.1, 0.15) is 16.7 Å². The van der Waals surface area contributed by atoms with Crippen LogP contribution in [0.25, 0.3) is 32.7 Å². The second kappa shape index (κ2) is 10.3. The number of alkyl halides is 3. The maximum absolute atomic E-state index is 15.3. The molecule has 0 aromatic heterocycles. The molecule has 5 aromatic rings. The van der Waals surface area contributed by atoms with Gasteiger partial charge in [-0.3, -0.25) is 0 Å². The highest BCUT2D eigenvalue weighted by Gasteiger charge is 2.24. The molecule has 0 aliphatic carbocycles. The van der Waals surface area contributed by atoms with Gasteiger partial charge in [0.25, 0.3) is 0 Å². The van der Waals surface area contributed by atoms with Crippen molar-refractivity contribution in [2.75, 3.05) is 0 Å². The average molecular weight is 558 g/mol. The van der Waals surface area contributed by atoms with Gasteiger partial charge >= 0.3 is 6.18 Å². The maximum atomic E-state index is 15.3. The fourth-order valence-electron chi connectivity index (χ4n) is 4.61. The summed E-state index contributed by atoms with van der Waals surface area (Å²) in [6, 6.07) is 14.9. The van der Waals surface area contributed by atoms with Crippen LogP contribution in [-0.2, 0) is 12.8 Å². The van der Waals surface area contributed by atoms with Gasteiger partial charge in [-0.05, 0) is 70.6 Å². The van der Waals surface area contributed by atoms with E-state index in [4.69, 9.17) is 0 Å². The second-order valence-corrected chi connectivity index (χ2v) is 9.04. The highest BCUT2D eigenvalue weighted by Crippen LogP contribution is 2.33. The Kier molecular flexibility index (Phi) is 6.96. The molecule has 0 amide bonds. The summed E-state index contributed by atoms with van der Waals surface area (Å²) in [5, 5.41) is -1.51. The molecule has 0 saturated carbocycles. The fraction of sp³-hybridized carbons (Fsp3) is 0.0968. The van der Waals surface area contributed by atoms with Crippen LogP contribution in [0.2, 0.25) is 0 Å². The van der Waals surface area contributed by atoms with E-state index in [9.17, 15) is 35.1 Å². The van der Waals surface area contributed by atoms with Crippen LogP contribution < -0.4 is 0 Å². The van der Waals surface area contributed by atoms with Crippen molar-refractivity contribution >= 4 is 21.5 Å². The molecule has 0 unspecified atom stereocenters. The van der Waals surface area contributed by atoms with E-state index in [1.54, 1.807) is 30.3 Å². The molecule has 5 aromatic carbocycles. The third-order valence-electron chi connectivity index (χ3n) is 6.42. The first-order valence-electron chi connectivity index (χ1n) is 11.8. The zero-order valence-corrected chi connectivity index (χ0v) is 20.2. The molecule has 0 fully saturated rings. The third-order valence-corrected chi connectivity index (χ3v) is 6.42. The monoisotopic (exact) mass is 558 g/mol. The maximum Gasteiger partial charge on any atom is 0.458 e. The quantitative estimate of drug-likeness (QED) is 0.152. The van der Waals surface area contributed by atoms with Crippen molar-refractivity contribution in [1.82, 2.24) is 0 Å². The predicted molar refractivity (Wildman–Crippen MR) is 133 cm³/mol. The summed E-state index contributed by atoms with van der Waals surface area (Å²) in [4.78, 5) is 0. The van der Waals surface area contributed by atoms with E-state index in [0.717, 1.165) is 30.2 Å². The van der Waals surface area contributed by atoms with Crippen LogP contribution in [-0.4, -0.2) is 6.18 Å². The van der Waals surface area contributed by atoms with E-state index in [-0.39, 0.29) is 29.2 Å². The lowest BCUT2D eigenvalue weighted by molar-refractivity contribution is -0.0696. The van der Waals surface area contributed by atoms with E-state index in [0.29, 0.717) is 17.2 Å². The van der Waals surface area contributed by atoms with Crippen LogP contribution in [0, 0.1) is 46.7 Å². The van der Waals surface area contributed by atoms with Crippen molar-refractivity contribution in [2.45, 2.75) is 19.0 Å². The van der Waals surface area contributed by atoms with Crippen LogP contribution in [0.5, 0.6) is 0 Å². The summed E-state index contributed by atoms with van der Waals surface area (Å²) in [6.07, 6.45) is -5.57. The molecule has 202 valence electrons. The Hall–Kier alpha value is -4.45. The number of fused-ring (bicyclic) bond motifs is 2. The van der Waals surface area contributed by atoms with Gasteiger partial charge in [0.05, 0.1) is 16.3 Å². The number of rotatable bonds is 4. The van der Waals surface area contributed by atoms with Gasteiger partial charge < -0.3 is 0 Å². The zero-order valence-electron chi connectivity index (χ0n) is 20.2. The third kappa shape index (κ3) is 5.22. The molecule has 0 aliphatic heterocycles. The summed E-state index contributed by atoms with van der Waals surface area (Å²) < 4.78 is 126. The predicted octanol–water partition coefficient (Wildman–Crippen LogP) is 9.19. The molecule has 5 rings (SSSR count). The van der Waals surface area contributed by atoms with Crippen LogP contribution in [0.15, 0.2) is 66.7 Å². The number of hydrogen-bond donors (Lipinski definition) is 0. The lowest BCUT2D eigenvalue weighted by atomic mass is 9.95. The molecule has 0 saturated heterocycles. The average Bonchev–Trinajstić information content (AvgIpc) is 2.87. The lowest BCUT2D eigenvalue weighted by Gasteiger charge is -2.12. The normalized spacial score (nSPS) is 11.6. The largest absolute Gasteiger partial charge is 0.458 e. The number of hydrogen-bond acceptors (Lipinski definition) is 0. The molecule has 40 heavy (non-hydrogen) atoms. The SMILES string of the molecule is Fc1cc2cc(CCc3c(F)cc4cc(-c5ccccc5)cc(F)c4c3F)cc(F)c2c(F)c1C#CC(F)(F)F. The Morgan fingerprint density at radius 3 is 1.90 bits per heavy atom. The summed E-state index contributed by atoms with van der Waals surface area (Å²) in [6.45, 7) is 0. The van der Waals surface area contributed by atoms with E-state index in [1.165, 1.54) is 12.0 Å². The van der Waals surface area contributed by atoms with E-state index in [1.807, 2.05) is 0 Å². The van der Waals surface area contributed by atoms with Gasteiger partial charge in [-0.2, -0.15) is 13.2 Å². The second-order valence-electron chi connectivity index (χ2n) is 9.04. The molecule has 0 aliphatic rings. The minimum Gasteiger partial charge on any atom is -0.207 e. The summed E-state index contributed by atoms with van der Waals surface area (Å²) in [5.41, 5.74) is -0.532. The van der Waals surface area contributed by atoms with Gasteiger partial charge in [0.15, 0.2) is 5.82 Å². The molecule has 0 N–H and O–H groups in total. The number of benzene rings is 5. The summed E-state index contributed by atoms with van der Waals surface area (Å²) in [5.74, 6) is -5.16. The topological polar surface area (TPSA) is 0 Å². The van der Waals surface area contributed by atoms with Crippen molar-refractivity contribution in [3.63, 3.8) is 0 Å². The van der Waals surface area contributed by atoms with Crippen molar-refractivity contribution in [3.8, 4) is 23.0 Å². The van der Waals surface area contributed by atoms with Gasteiger partial charge in [0, 0.05) is 11.5 Å². The first kappa shape index (κ1) is 27.1. The fourth-order valence-corrected chi connectivity index (χ4v) is 4.61. The highest BCUT2D eigenvalue weighted by atomic mass is 19.4. The summed E-state index contributed by atoms with van der Waals surface area (Å²) in [7, 11) is 0. The van der Waals surface area contributed by atoms with Crippen molar-refractivity contribution < 1.29 is 39.5 Å². The van der Waals surface area contributed by atoms with Crippen LogP contribution in [0.3, 0.4) is 0 Å². The Labute approximate surface area is 221 Å². The van der Waals surface area contributed by atoms with Crippen LogP contribution in [0.4, 0.5) is 39.5 Å². The Balaban J connectivity index is 1.49. The molecule has 0 bridgehead atoms. The van der Waals surface area contributed by atoms with Gasteiger partial charge in [-0.1, -0.05) is 42.3 Å². The van der Waals surface area contributed by atoms with Gasteiger partial charge in [-0.25, -0.2) is 26.3 Å². The smallest absolute Gasteiger partial charge is 0.207 e. The Morgan fingerprint density at radius 1 is 0.575 bits per heavy atom. The van der Waals surface area contributed by atoms with E-state index >= 15 is 4.39 Å². The molecule has 0 atom stereocenters. The molecule has 0 heterocycles. The van der Waals surface area contributed by atoms with E-state index < -0.39 is 63.0 Å². The molecular formula is C31H15F9. The number of aryl methyl sites for hydroxylation is 1. The summed E-state index contributed by atoms with van der Waals surface area (Å²) >= 11 is 0. The van der Waals surface area contributed by atoms with Gasteiger partial charge in [-0.15, -0.1) is 0 Å². The lowest BCUT2D eigenvalue weighted by Crippen LogP contribution is -2.04. The minimum atomic E-state index is -5.02. The standard InChI is InChI=1S/C31H15F9/c32-23-15-20-12-18(17-4-2-1-3-5-17)13-26(35)28(20)29(36)21(23)7-6-16-10-19-14-24(33)22(8-9-31(38,39)40)30(37)27(19)25(34)11-16/h1-5,10-15H,6-7H2. The Bertz CT molecular complexity index is 1840. The van der Waals surface area contributed by atoms with Gasteiger partial charge in [0.1, 0.15) is 29.1 Å². The van der Waals surface area contributed by atoms with Crippen molar-refractivity contribution in [2.24, 2.45) is 0 Å². The number of halogens is 9. The molecule has 9 heteroatoms. The molecule has 0 spiro atoms. The van der Waals surface area contributed by atoms with Crippen LogP contribution >= 0.6 is 0 Å². The first-order valence-corrected chi connectivity index (χ1v) is 11.8. The van der Waals surface area contributed by atoms with Gasteiger partial charge in [0.2, 0.25) is 0 Å². The molecular weight excluding hydrogens is 543 g/mol. The van der Waals surface area contributed by atoms with Crippen molar-refractivity contribution in [1.29, 1.82) is 0 Å². The molecule has 0 nitrogen and oxygen atoms in total. The minimum absolute atomic E-state index is 0.00438.